The molecule has 1 aromatic carbocycles. The van der Waals surface area contributed by atoms with Crippen LogP contribution in [0.1, 0.15) is 32.4 Å². The summed E-state index contributed by atoms with van der Waals surface area (Å²) in [5.74, 6) is -1.02. The van der Waals surface area contributed by atoms with E-state index in [2.05, 4.69) is 0 Å². The second-order valence-electron chi connectivity index (χ2n) is 6.89. The minimum absolute atomic E-state index is 0.109. The van der Waals surface area contributed by atoms with Crippen LogP contribution in [0.25, 0.3) is 0 Å². The molecule has 0 saturated carbocycles. The van der Waals surface area contributed by atoms with Crippen molar-refractivity contribution in [3.05, 3.63) is 48.0 Å². The molecule has 5 unspecified atom stereocenters. The van der Waals surface area contributed by atoms with Gasteiger partial charge in [-0.15, -0.1) is 0 Å². The maximum atomic E-state index is 12.9. The van der Waals surface area contributed by atoms with E-state index in [0.29, 0.717) is 0 Å². The second-order valence-corrected chi connectivity index (χ2v) is 6.89. The van der Waals surface area contributed by atoms with Gasteiger partial charge in [-0.2, -0.15) is 0 Å². The molecular formula is C18H19NO3. The van der Waals surface area contributed by atoms with E-state index in [1.54, 1.807) is 0 Å². The summed E-state index contributed by atoms with van der Waals surface area (Å²) in [5.41, 5.74) is -0.338. The lowest BCUT2D eigenvalue weighted by atomic mass is 9.73. The number of amides is 2. The van der Waals surface area contributed by atoms with Crippen molar-refractivity contribution in [2.24, 2.45) is 11.8 Å². The van der Waals surface area contributed by atoms with Gasteiger partial charge in [0.15, 0.2) is 0 Å². The summed E-state index contributed by atoms with van der Waals surface area (Å²) in [6, 6.07) is 9.43. The van der Waals surface area contributed by atoms with Crippen LogP contribution in [0.3, 0.4) is 0 Å². The minimum atomic E-state index is -0.655. The largest absolute Gasteiger partial charge is 0.359 e. The number of likely N-dealkylation sites (tertiary alicyclic amines) is 1. The normalized spacial score (nSPS) is 40.4. The van der Waals surface area contributed by atoms with Gasteiger partial charge >= 0.3 is 0 Å². The molecule has 3 heterocycles. The van der Waals surface area contributed by atoms with Gasteiger partial charge in [-0.05, 0) is 26.3 Å². The number of carbonyl (C=O) groups excluding carboxylic acids is 2. The Morgan fingerprint density at radius 1 is 1.00 bits per heavy atom. The van der Waals surface area contributed by atoms with E-state index in [0.717, 1.165) is 5.56 Å². The van der Waals surface area contributed by atoms with Crippen LogP contribution in [-0.4, -0.2) is 27.9 Å². The minimum Gasteiger partial charge on any atom is -0.359 e. The van der Waals surface area contributed by atoms with Crippen molar-refractivity contribution in [3.63, 3.8) is 0 Å². The topological polar surface area (TPSA) is 46.6 Å². The summed E-state index contributed by atoms with van der Waals surface area (Å²) in [5, 5.41) is 0. The van der Waals surface area contributed by atoms with Crippen molar-refractivity contribution in [1.82, 2.24) is 4.90 Å². The molecule has 0 spiro atoms. The van der Waals surface area contributed by atoms with Crippen LogP contribution in [-0.2, 0) is 14.3 Å². The van der Waals surface area contributed by atoms with E-state index < -0.39 is 23.0 Å². The summed E-state index contributed by atoms with van der Waals surface area (Å²) in [6.07, 6.45) is 3.88. The third kappa shape index (κ3) is 1.51. The lowest BCUT2D eigenvalue weighted by Crippen LogP contribution is -2.40. The quantitative estimate of drug-likeness (QED) is 0.622. The number of imide groups is 1. The first-order chi connectivity index (χ1) is 10.4. The Hall–Kier alpha value is -1.94. The van der Waals surface area contributed by atoms with Gasteiger partial charge in [-0.1, -0.05) is 42.5 Å². The predicted octanol–water partition coefficient (Wildman–Crippen LogP) is 2.47. The maximum Gasteiger partial charge on any atom is 0.237 e. The van der Waals surface area contributed by atoms with Crippen molar-refractivity contribution >= 4 is 11.8 Å². The Morgan fingerprint density at radius 2 is 1.50 bits per heavy atom. The molecule has 5 atom stereocenters. The summed E-state index contributed by atoms with van der Waals surface area (Å²) in [6.45, 7) is 5.72. The molecule has 2 fully saturated rings. The zero-order valence-corrected chi connectivity index (χ0v) is 12.9. The molecule has 3 aliphatic rings. The fourth-order valence-corrected chi connectivity index (χ4v) is 4.32. The molecule has 0 aliphatic carbocycles. The zero-order chi connectivity index (χ0) is 15.7. The number of hydrogen-bond donors (Lipinski definition) is 0. The van der Waals surface area contributed by atoms with Crippen LogP contribution in [0, 0.1) is 11.8 Å². The number of benzene rings is 1. The van der Waals surface area contributed by atoms with Gasteiger partial charge in [-0.25, -0.2) is 0 Å². The molecule has 4 rings (SSSR count). The van der Waals surface area contributed by atoms with E-state index in [1.807, 2.05) is 63.3 Å². The van der Waals surface area contributed by atoms with Crippen molar-refractivity contribution in [1.29, 1.82) is 0 Å². The summed E-state index contributed by atoms with van der Waals surface area (Å²) < 4.78 is 6.01. The Labute approximate surface area is 129 Å². The average molecular weight is 297 g/mol. The van der Waals surface area contributed by atoms with Gasteiger partial charge < -0.3 is 4.74 Å². The molecule has 3 aliphatic heterocycles. The average Bonchev–Trinajstić information content (AvgIpc) is 3.04. The third-order valence-electron chi connectivity index (χ3n) is 5.43. The summed E-state index contributed by atoms with van der Waals surface area (Å²) in [4.78, 5) is 27.3. The zero-order valence-electron chi connectivity index (χ0n) is 12.9. The highest BCUT2D eigenvalue weighted by molar-refractivity contribution is 6.08. The van der Waals surface area contributed by atoms with Crippen LogP contribution in [0.5, 0.6) is 0 Å². The van der Waals surface area contributed by atoms with Gasteiger partial charge in [0.05, 0.1) is 29.1 Å². The number of hydrogen-bond acceptors (Lipinski definition) is 3. The number of fused-ring (bicyclic) bond motifs is 5. The Morgan fingerprint density at radius 3 is 2.00 bits per heavy atom. The molecule has 2 bridgehead atoms. The van der Waals surface area contributed by atoms with Crippen LogP contribution < -0.4 is 0 Å². The molecule has 22 heavy (non-hydrogen) atoms. The first-order valence-corrected chi connectivity index (χ1v) is 7.70. The molecule has 0 N–H and O–H groups in total. The monoisotopic (exact) mass is 297 g/mol. The molecule has 2 amide bonds. The van der Waals surface area contributed by atoms with Crippen molar-refractivity contribution < 1.29 is 14.3 Å². The molecule has 4 nitrogen and oxygen atoms in total. The first-order valence-electron chi connectivity index (χ1n) is 7.70. The van der Waals surface area contributed by atoms with Crippen LogP contribution >= 0.6 is 0 Å². The van der Waals surface area contributed by atoms with Crippen molar-refractivity contribution in [2.45, 2.75) is 38.0 Å². The third-order valence-corrected chi connectivity index (χ3v) is 5.43. The molecule has 0 radical (unpaired) electrons. The van der Waals surface area contributed by atoms with Gasteiger partial charge in [0.25, 0.3) is 0 Å². The van der Waals surface area contributed by atoms with Crippen LogP contribution in [0.4, 0.5) is 0 Å². The van der Waals surface area contributed by atoms with E-state index in [-0.39, 0.29) is 17.9 Å². The molecular weight excluding hydrogens is 278 g/mol. The van der Waals surface area contributed by atoms with Gasteiger partial charge in [-0.3, -0.25) is 14.5 Å². The summed E-state index contributed by atoms with van der Waals surface area (Å²) in [7, 11) is 0. The summed E-state index contributed by atoms with van der Waals surface area (Å²) >= 11 is 0. The molecule has 2 saturated heterocycles. The van der Waals surface area contributed by atoms with Gasteiger partial charge in [0.2, 0.25) is 11.8 Å². The van der Waals surface area contributed by atoms with Gasteiger partial charge in [0.1, 0.15) is 0 Å². The van der Waals surface area contributed by atoms with E-state index in [9.17, 15) is 9.59 Å². The Bertz CT molecular complexity index is 662. The van der Waals surface area contributed by atoms with Crippen LogP contribution in [0.15, 0.2) is 42.5 Å². The van der Waals surface area contributed by atoms with Crippen molar-refractivity contribution in [3.8, 4) is 0 Å². The van der Waals surface area contributed by atoms with E-state index >= 15 is 0 Å². The maximum absolute atomic E-state index is 12.9. The Balaban J connectivity index is 1.74. The lowest BCUT2D eigenvalue weighted by Gasteiger charge is -2.29. The number of carbonyl (C=O) groups is 2. The SMILES string of the molecule is CC(c1ccccc1)N1C(=O)C2C(C1=O)C1(C)C=CC2(C)O1. The standard InChI is InChI=1S/C18H19NO3/c1-11(12-7-5-4-6-8-12)19-15(20)13-14(16(19)21)18(3)10-9-17(13,2)22-18/h4-11,13-14H,1-3H3. The van der Waals surface area contributed by atoms with Gasteiger partial charge in [0, 0.05) is 0 Å². The van der Waals surface area contributed by atoms with E-state index in [4.69, 9.17) is 4.74 Å². The smallest absolute Gasteiger partial charge is 0.237 e. The molecule has 4 heteroatoms. The Kier molecular flexibility index (Phi) is 2.54. The molecule has 0 aromatic heterocycles. The number of rotatable bonds is 2. The molecule has 114 valence electrons. The first kappa shape index (κ1) is 13.7. The highest BCUT2D eigenvalue weighted by Crippen LogP contribution is 2.57. The van der Waals surface area contributed by atoms with E-state index in [1.165, 1.54) is 4.90 Å². The lowest BCUT2D eigenvalue weighted by molar-refractivity contribution is -0.148. The fraction of sp³-hybridized carbons (Fsp3) is 0.444. The van der Waals surface area contributed by atoms with Crippen LogP contribution in [0.2, 0.25) is 0 Å². The predicted molar refractivity (Wildman–Crippen MR) is 80.7 cm³/mol. The second kappa shape index (κ2) is 4.07. The van der Waals surface area contributed by atoms with Crippen molar-refractivity contribution in [2.75, 3.05) is 0 Å². The molecule has 1 aromatic rings. The fourth-order valence-electron chi connectivity index (χ4n) is 4.32. The number of ether oxygens (including phenoxy) is 1. The highest BCUT2D eigenvalue weighted by Gasteiger charge is 2.70. The highest BCUT2D eigenvalue weighted by atomic mass is 16.5. The number of nitrogens with zero attached hydrogens (tertiary/aromatic N) is 1.